The average Bonchev–Trinajstić information content (AvgIpc) is 3.25. The van der Waals surface area contributed by atoms with E-state index >= 15 is 4.39 Å². The van der Waals surface area contributed by atoms with E-state index in [1.165, 1.54) is 49.5 Å². The molecule has 4 bridgehead atoms. The Bertz CT molecular complexity index is 991. The lowest BCUT2D eigenvalue weighted by Gasteiger charge is -2.56. The van der Waals surface area contributed by atoms with Crippen molar-refractivity contribution < 1.29 is 23.5 Å². The molecule has 1 aliphatic heterocycles. The normalized spacial score (nSPS) is 31.2. The third-order valence-corrected chi connectivity index (χ3v) is 8.84. The molecule has 1 amide bonds. The fourth-order valence-corrected chi connectivity index (χ4v) is 7.79. The molecule has 4 saturated carbocycles. The zero-order valence-electron chi connectivity index (χ0n) is 22.6. The van der Waals surface area contributed by atoms with Crippen LogP contribution < -0.4 is 4.74 Å². The molecular formula is C30H42FNO4. The van der Waals surface area contributed by atoms with Gasteiger partial charge in [0.05, 0.1) is 12.2 Å². The van der Waals surface area contributed by atoms with E-state index in [0.717, 1.165) is 23.3 Å². The van der Waals surface area contributed by atoms with Crippen LogP contribution in [0.5, 0.6) is 5.75 Å². The summed E-state index contributed by atoms with van der Waals surface area (Å²) in [7, 11) is 0. The SMILES string of the molecule is CC(C)c1cc(C(=O)N2CCC[C@H]2C(=O)OC(C)(C)C)c(F)cc1OCC12CC3CC(CC(C3)C1)C2. The maximum atomic E-state index is 15.4. The number of rotatable bonds is 6. The molecule has 1 saturated heterocycles. The number of nitrogens with zero attached hydrogens (tertiary/aromatic N) is 1. The molecule has 0 N–H and O–H groups in total. The molecule has 0 aromatic heterocycles. The third-order valence-electron chi connectivity index (χ3n) is 8.84. The van der Waals surface area contributed by atoms with E-state index in [1.54, 1.807) is 6.07 Å². The van der Waals surface area contributed by atoms with Crippen LogP contribution in [0.15, 0.2) is 12.1 Å². The van der Waals surface area contributed by atoms with Crippen LogP contribution in [0, 0.1) is 29.0 Å². The largest absolute Gasteiger partial charge is 0.493 e. The molecule has 1 aromatic carbocycles. The number of likely N-dealkylation sites (tertiary alicyclic amines) is 1. The Balaban J connectivity index is 1.34. The molecule has 0 unspecified atom stereocenters. The Hall–Kier alpha value is -2.11. The van der Waals surface area contributed by atoms with E-state index < -0.39 is 29.3 Å². The van der Waals surface area contributed by atoms with Crippen molar-refractivity contribution in [2.24, 2.45) is 23.2 Å². The predicted molar refractivity (Wildman–Crippen MR) is 136 cm³/mol. The highest BCUT2D eigenvalue weighted by Crippen LogP contribution is 2.60. The van der Waals surface area contributed by atoms with Gasteiger partial charge in [-0.1, -0.05) is 13.8 Å². The zero-order valence-corrected chi connectivity index (χ0v) is 22.6. The molecular weight excluding hydrogens is 457 g/mol. The highest BCUT2D eigenvalue weighted by molar-refractivity contribution is 5.97. The van der Waals surface area contributed by atoms with Crippen LogP contribution in [0.1, 0.15) is 108 Å². The van der Waals surface area contributed by atoms with Crippen molar-refractivity contribution in [3.05, 3.63) is 29.1 Å². The van der Waals surface area contributed by atoms with Crippen molar-refractivity contribution in [2.75, 3.05) is 13.2 Å². The topological polar surface area (TPSA) is 55.8 Å². The minimum absolute atomic E-state index is 0.0105. The number of carbonyl (C=O) groups is 2. The third kappa shape index (κ3) is 5.02. The first-order valence-electron chi connectivity index (χ1n) is 13.9. The van der Waals surface area contributed by atoms with Crippen LogP contribution in [0.3, 0.4) is 0 Å². The lowest BCUT2D eigenvalue weighted by molar-refractivity contribution is -0.159. The molecule has 1 atom stereocenters. The molecule has 5 aliphatic rings. The van der Waals surface area contributed by atoms with Crippen LogP contribution in [-0.4, -0.2) is 41.6 Å². The Morgan fingerprint density at radius 3 is 2.25 bits per heavy atom. The number of hydrogen-bond donors (Lipinski definition) is 0. The van der Waals surface area contributed by atoms with Crippen LogP contribution in [0.4, 0.5) is 4.39 Å². The first kappa shape index (κ1) is 25.5. The summed E-state index contributed by atoms with van der Waals surface area (Å²) < 4.78 is 27.4. The van der Waals surface area contributed by atoms with Gasteiger partial charge in [-0.3, -0.25) is 4.79 Å². The molecule has 1 aromatic rings. The Labute approximate surface area is 215 Å². The number of halogens is 1. The number of amides is 1. The van der Waals surface area contributed by atoms with Crippen molar-refractivity contribution >= 4 is 11.9 Å². The predicted octanol–water partition coefficient (Wildman–Crippen LogP) is 6.49. The molecule has 198 valence electrons. The summed E-state index contributed by atoms with van der Waals surface area (Å²) in [6, 6.07) is 2.38. The number of carbonyl (C=O) groups excluding carboxylic acids is 2. The minimum atomic E-state index is -0.675. The lowest BCUT2D eigenvalue weighted by Crippen LogP contribution is -2.48. The maximum Gasteiger partial charge on any atom is 0.329 e. The highest BCUT2D eigenvalue weighted by atomic mass is 19.1. The van der Waals surface area contributed by atoms with E-state index in [-0.39, 0.29) is 16.9 Å². The van der Waals surface area contributed by atoms with Gasteiger partial charge in [0, 0.05) is 18.0 Å². The van der Waals surface area contributed by atoms with Gasteiger partial charge in [-0.15, -0.1) is 0 Å². The summed E-state index contributed by atoms with van der Waals surface area (Å²) in [6.45, 7) is 10.6. The van der Waals surface area contributed by atoms with Crippen molar-refractivity contribution in [1.82, 2.24) is 4.90 Å². The van der Waals surface area contributed by atoms with E-state index in [2.05, 4.69) is 0 Å². The van der Waals surface area contributed by atoms with Crippen molar-refractivity contribution in [1.29, 1.82) is 0 Å². The van der Waals surface area contributed by atoms with Gasteiger partial charge >= 0.3 is 5.97 Å². The zero-order chi connectivity index (χ0) is 25.8. The summed E-state index contributed by atoms with van der Waals surface area (Å²) in [4.78, 5) is 27.7. The van der Waals surface area contributed by atoms with E-state index in [9.17, 15) is 9.59 Å². The van der Waals surface area contributed by atoms with Crippen molar-refractivity contribution in [3.63, 3.8) is 0 Å². The van der Waals surface area contributed by atoms with Gasteiger partial charge in [0.1, 0.15) is 23.2 Å². The van der Waals surface area contributed by atoms with Crippen LogP contribution >= 0.6 is 0 Å². The second kappa shape index (κ2) is 9.33. The molecule has 5 nitrogen and oxygen atoms in total. The maximum absolute atomic E-state index is 15.4. The van der Waals surface area contributed by atoms with Gasteiger partial charge in [0.25, 0.3) is 5.91 Å². The fraction of sp³-hybridized carbons (Fsp3) is 0.733. The van der Waals surface area contributed by atoms with Gasteiger partial charge in [-0.05, 0) is 107 Å². The van der Waals surface area contributed by atoms with Crippen LogP contribution in [0.25, 0.3) is 0 Å². The van der Waals surface area contributed by atoms with Gasteiger partial charge in [0.2, 0.25) is 0 Å². The number of esters is 1. The molecule has 4 aliphatic carbocycles. The smallest absolute Gasteiger partial charge is 0.329 e. The Morgan fingerprint density at radius 1 is 1.08 bits per heavy atom. The summed E-state index contributed by atoms with van der Waals surface area (Å²) in [5, 5.41) is 0. The molecule has 1 heterocycles. The first-order chi connectivity index (χ1) is 16.9. The Kier molecular flexibility index (Phi) is 6.61. The number of ether oxygens (including phenoxy) is 2. The van der Waals surface area contributed by atoms with Crippen LogP contribution in [0.2, 0.25) is 0 Å². The van der Waals surface area contributed by atoms with Gasteiger partial charge < -0.3 is 14.4 Å². The second-order valence-corrected chi connectivity index (χ2v) is 13.4. The monoisotopic (exact) mass is 499 g/mol. The average molecular weight is 500 g/mol. The second-order valence-electron chi connectivity index (χ2n) is 13.4. The van der Waals surface area contributed by atoms with Gasteiger partial charge in [-0.2, -0.15) is 0 Å². The van der Waals surface area contributed by atoms with E-state index in [1.807, 2.05) is 34.6 Å². The highest BCUT2D eigenvalue weighted by Gasteiger charge is 2.51. The summed E-state index contributed by atoms with van der Waals surface area (Å²) in [5.41, 5.74) is 0.443. The molecule has 36 heavy (non-hydrogen) atoms. The van der Waals surface area contributed by atoms with E-state index in [4.69, 9.17) is 9.47 Å². The minimum Gasteiger partial charge on any atom is -0.493 e. The van der Waals surface area contributed by atoms with Gasteiger partial charge in [-0.25, -0.2) is 9.18 Å². The van der Waals surface area contributed by atoms with Gasteiger partial charge in [0.15, 0.2) is 0 Å². The Morgan fingerprint density at radius 2 is 1.69 bits per heavy atom. The quantitative estimate of drug-likeness (QED) is 0.420. The number of benzene rings is 1. The van der Waals surface area contributed by atoms with Crippen LogP contribution in [-0.2, 0) is 9.53 Å². The van der Waals surface area contributed by atoms with Crippen molar-refractivity contribution in [3.8, 4) is 5.75 Å². The molecule has 5 fully saturated rings. The molecule has 0 spiro atoms. The fourth-order valence-electron chi connectivity index (χ4n) is 7.79. The van der Waals surface area contributed by atoms with E-state index in [0.29, 0.717) is 31.7 Å². The summed E-state index contributed by atoms with van der Waals surface area (Å²) in [5.74, 6) is 1.67. The molecule has 0 radical (unpaired) electrons. The standard InChI is InChI=1S/C30H42FNO4/c1-18(2)22-12-23(27(33)32-8-6-7-25(32)28(34)36-29(3,4)5)24(31)13-26(22)35-17-30-14-19-9-20(15-30)11-21(10-19)16-30/h12-13,18-21,25H,6-11,14-17H2,1-5H3/t19?,20?,21?,25-,30?/m0/s1. The number of hydrogen-bond acceptors (Lipinski definition) is 4. The van der Waals surface area contributed by atoms with Crippen molar-refractivity contribution in [2.45, 2.75) is 104 Å². The molecule has 6 heteroatoms. The molecule has 6 rings (SSSR count). The summed E-state index contributed by atoms with van der Waals surface area (Å²) >= 11 is 0. The summed E-state index contributed by atoms with van der Waals surface area (Å²) in [6.07, 6.45) is 9.06. The lowest BCUT2D eigenvalue weighted by atomic mass is 9.50. The first-order valence-corrected chi connectivity index (χ1v) is 13.9.